The van der Waals surface area contributed by atoms with Crippen molar-refractivity contribution in [3.63, 3.8) is 0 Å². The summed E-state index contributed by atoms with van der Waals surface area (Å²) in [4.78, 5) is 26.9. The molecule has 2 aromatic rings. The summed E-state index contributed by atoms with van der Waals surface area (Å²) in [5.74, 6) is -0.302. The Labute approximate surface area is 169 Å². The second-order valence-electron chi connectivity index (χ2n) is 6.89. The molecule has 1 amide bonds. The number of anilines is 1. The number of carbonyl (C=O) groups excluding carboxylic acids is 1. The van der Waals surface area contributed by atoms with E-state index >= 15 is 0 Å². The summed E-state index contributed by atoms with van der Waals surface area (Å²) in [5, 5.41) is 14.1. The van der Waals surface area contributed by atoms with Gasteiger partial charge in [-0.25, -0.2) is 4.98 Å². The number of alkyl halides is 3. The quantitative estimate of drug-likeness (QED) is 0.387. The van der Waals surface area contributed by atoms with Gasteiger partial charge in [0.1, 0.15) is 5.69 Å². The highest BCUT2D eigenvalue weighted by molar-refractivity contribution is 7.99. The van der Waals surface area contributed by atoms with E-state index in [0.717, 1.165) is 35.8 Å². The van der Waals surface area contributed by atoms with Crippen molar-refractivity contribution in [2.24, 2.45) is 5.92 Å². The molecule has 0 aliphatic rings. The fourth-order valence-electron chi connectivity index (χ4n) is 2.59. The van der Waals surface area contributed by atoms with Gasteiger partial charge in [-0.3, -0.25) is 14.9 Å². The number of nitro benzene ring substituents is 1. The molecule has 0 aliphatic carbocycles. The first kappa shape index (κ1) is 22.7. The SMILES string of the molecule is Cc1nc(SCC(=O)Nc2ccc(C(F)(F)F)cc2[N+](=O)[O-])n(CC(C)C)c1C. The van der Waals surface area contributed by atoms with E-state index in [1.165, 1.54) is 0 Å². The van der Waals surface area contributed by atoms with Gasteiger partial charge in [0.05, 0.1) is 21.9 Å². The highest BCUT2D eigenvalue weighted by Gasteiger charge is 2.33. The van der Waals surface area contributed by atoms with Crippen LogP contribution in [0.4, 0.5) is 24.5 Å². The number of carbonyl (C=O) groups is 1. The summed E-state index contributed by atoms with van der Waals surface area (Å²) in [7, 11) is 0. The Hall–Kier alpha value is -2.56. The lowest BCUT2D eigenvalue weighted by atomic mass is 10.1. The van der Waals surface area contributed by atoms with Crippen LogP contribution in [0, 0.1) is 29.9 Å². The number of thioether (sulfide) groups is 1. The number of nitrogens with zero attached hydrogens (tertiary/aromatic N) is 3. The Morgan fingerprint density at radius 3 is 2.55 bits per heavy atom. The minimum atomic E-state index is -4.72. The van der Waals surface area contributed by atoms with Crippen molar-refractivity contribution in [1.29, 1.82) is 0 Å². The van der Waals surface area contributed by atoms with E-state index in [-0.39, 0.29) is 11.4 Å². The molecule has 0 aliphatic heterocycles. The van der Waals surface area contributed by atoms with E-state index in [9.17, 15) is 28.1 Å². The topological polar surface area (TPSA) is 90.1 Å². The van der Waals surface area contributed by atoms with E-state index in [1.807, 2.05) is 18.4 Å². The molecule has 158 valence electrons. The first-order valence-electron chi connectivity index (χ1n) is 8.72. The van der Waals surface area contributed by atoms with Crippen molar-refractivity contribution in [3.05, 3.63) is 45.3 Å². The number of halogens is 3. The van der Waals surface area contributed by atoms with Crippen LogP contribution < -0.4 is 5.32 Å². The molecule has 1 heterocycles. The third-order valence-corrected chi connectivity index (χ3v) is 5.08. The van der Waals surface area contributed by atoms with Crippen LogP contribution in [0.5, 0.6) is 0 Å². The van der Waals surface area contributed by atoms with Gasteiger partial charge in [-0.15, -0.1) is 0 Å². The zero-order chi connectivity index (χ0) is 21.9. The molecule has 1 N–H and O–H groups in total. The molecule has 0 unspecified atom stereocenters. The van der Waals surface area contributed by atoms with E-state index in [0.29, 0.717) is 23.2 Å². The van der Waals surface area contributed by atoms with Gasteiger partial charge in [-0.05, 0) is 31.9 Å². The van der Waals surface area contributed by atoms with E-state index in [2.05, 4.69) is 24.1 Å². The predicted octanol–water partition coefficient (Wildman–Crippen LogP) is 4.81. The van der Waals surface area contributed by atoms with Crippen LogP contribution in [0.15, 0.2) is 23.4 Å². The van der Waals surface area contributed by atoms with Gasteiger partial charge in [0.15, 0.2) is 5.16 Å². The van der Waals surface area contributed by atoms with Crippen molar-refractivity contribution < 1.29 is 22.9 Å². The third-order valence-electron chi connectivity index (χ3n) is 4.10. The summed E-state index contributed by atoms with van der Waals surface area (Å²) in [6.07, 6.45) is -4.72. The Balaban J connectivity index is 2.14. The maximum absolute atomic E-state index is 12.8. The van der Waals surface area contributed by atoms with E-state index < -0.39 is 28.3 Å². The standard InChI is InChI=1S/C18H21F3N4O3S/c1-10(2)8-24-12(4)11(3)22-17(24)29-9-16(26)23-14-6-5-13(18(19,20)21)7-15(14)25(27)28/h5-7,10H,8-9H2,1-4H3,(H,23,26). The fourth-order valence-corrected chi connectivity index (χ4v) is 3.50. The largest absolute Gasteiger partial charge is 0.416 e. The highest BCUT2D eigenvalue weighted by atomic mass is 32.2. The lowest BCUT2D eigenvalue weighted by Gasteiger charge is -2.12. The minimum Gasteiger partial charge on any atom is -0.323 e. The number of amides is 1. The second kappa shape index (κ2) is 8.85. The molecule has 1 aromatic heterocycles. The molecule has 0 atom stereocenters. The van der Waals surface area contributed by atoms with Gasteiger partial charge in [0, 0.05) is 18.3 Å². The normalized spacial score (nSPS) is 11.7. The number of rotatable bonds is 7. The molecule has 0 bridgehead atoms. The summed E-state index contributed by atoms with van der Waals surface area (Å²) in [5.41, 5.74) is -0.428. The van der Waals surface area contributed by atoms with Crippen LogP contribution >= 0.6 is 11.8 Å². The van der Waals surface area contributed by atoms with Gasteiger partial charge < -0.3 is 9.88 Å². The van der Waals surface area contributed by atoms with Crippen LogP contribution in [0.2, 0.25) is 0 Å². The minimum absolute atomic E-state index is 0.0911. The molecule has 0 fully saturated rings. The number of hydrogen-bond donors (Lipinski definition) is 1. The zero-order valence-electron chi connectivity index (χ0n) is 16.3. The van der Waals surface area contributed by atoms with Crippen molar-refractivity contribution in [2.75, 3.05) is 11.1 Å². The molecule has 2 rings (SSSR count). The maximum atomic E-state index is 12.8. The van der Waals surface area contributed by atoms with Gasteiger partial charge >= 0.3 is 6.18 Å². The van der Waals surface area contributed by atoms with Crippen LogP contribution in [0.1, 0.15) is 30.8 Å². The summed E-state index contributed by atoms with van der Waals surface area (Å²) in [6.45, 7) is 8.63. The van der Waals surface area contributed by atoms with E-state index in [1.54, 1.807) is 0 Å². The number of nitro groups is 1. The van der Waals surface area contributed by atoms with Crippen molar-refractivity contribution in [3.8, 4) is 0 Å². The van der Waals surface area contributed by atoms with Gasteiger partial charge in [-0.1, -0.05) is 25.6 Å². The second-order valence-corrected chi connectivity index (χ2v) is 7.84. The lowest BCUT2D eigenvalue weighted by molar-refractivity contribution is -0.384. The molecule has 29 heavy (non-hydrogen) atoms. The van der Waals surface area contributed by atoms with Crippen molar-refractivity contribution in [2.45, 2.75) is 45.6 Å². The Morgan fingerprint density at radius 2 is 2.00 bits per heavy atom. The zero-order valence-corrected chi connectivity index (χ0v) is 17.1. The van der Waals surface area contributed by atoms with Gasteiger partial charge in [0.25, 0.3) is 5.69 Å². The molecule has 0 radical (unpaired) electrons. The summed E-state index contributed by atoms with van der Waals surface area (Å²) >= 11 is 1.16. The molecule has 7 nitrogen and oxygen atoms in total. The molecule has 0 spiro atoms. The number of nitrogens with one attached hydrogen (secondary N) is 1. The number of aryl methyl sites for hydroxylation is 1. The first-order valence-corrected chi connectivity index (χ1v) is 9.70. The van der Waals surface area contributed by atoms with Gasteiger partial charge in [-0.2, -0.15) is 13.2 Å². The summed E-state index contributed by atoms with van der Waals surface area (Å²) in [6, 6.07) is 1.99. The molecule has 1 aromatic carbocycles. The maximum Gasteiger partial charge on any atom is 0.416 e. The van der Waals surface area contributed by atoms with Crippen LogP contribution in [0.25, 0.3) is 0 Å². The monoisotopic (exact) mass is 430 g/mol. The Kier molecular flexibility index (Phi) is 6.93. The van der Waals surface area contributed by atoms with Crippen LogP contribution in [-0.4, -0.2) is 26.1 Å². The first-order chi connectivity index (χ1) is 13.4. The lowest BCUT2D eigenvalue weighted by Crippen LogP contribution is -2.16. The Morgan fingerprint density at radius 1 is 1.34 bits per heavy atom. The number of benzene rings is 1. The number of hydrogen-bond acceptors (Lipinski definition) is 5. The number of aromatic nitrogens is 2. The third kappa shape index (κ3) is 5.72. The highest BCUT2D eigenvalue weighted by Crippen LogP contribution is 2.35. The van der Waals surface area contributed by atoms with Crippen LogP contribution in [-0.2, 0) is 17.5 Å². The van der Waals surface area contributed by atoms with Crippen LogP contribution in [0.3, 0.4) is 0 Å². The summed E-state index contributed by atoms with van der Waals surface area (Å²) < 4.78 is 40.3. The smallest absolute Gasteiger partial charge is 0.323 e. The average Bonchev–Trinajstić information content (AvgIpc) is 2.86. The molecular weight excluding hydrogens is 409 g/mol. The average molecular weight is 430 g/mol. The van der Waals surface area contributed by atoms with Gasteiger partial charge in [0.2, 0.25) is 5.91 Å². The molecule has 11 heteroatoms. The van der Waals surface area contributed by atoms with Crippen molar-refractivity contribution >= 4 is 29.0 Å². The Bertz CT molecular complexity index is 926. The molecule has 0 saturated heterocycles. The van der Waals surface area contributed by atoms with Crippen molar-refractivity contribution in [1.82, 2.24) is 9.55 Å². The van der Waals surface area contributed by atoms with E-state index in [4.69, 9.17) is 0 Å². The fraction of sp³-hybridized carbons (Fsp3) is 0.444. The predicted molar refractivity (Wildman–Crippen MR) is 104 cm³/mol. The number of imidazole rings is 1. The molecular formula is C18H21F3N4O3S. The molecule has 0 saturated carbocycles.